The van der Waals surface area contributed by atoms with Crippen LogP contribution in [-0.2, 0) is 6.54 Å². The van der Waals surface area contributed by atoms with Crippen molar-refractivity contribution in [3.63, 3.8) is 0 Å². The van der Waals surface area contributed by atoms with Crippen molar-refractivity contribution in [3.05, 3.63) is 41.5 Å². The van der Waals surface area contributed by atoms with Gasteiger partial charge in [0.1, 0.15) is 5.75 Å². The first-order valence-electron chi connectivity index (χ1n) is 6.70. The van der Waals surface area contributed by atoms with Gasteiger partial charge in [0.05, 0.1) is 18.6 Å². The highest BCUT2D eigenvalue weighted by Crippen LogP contribution is 2.35. The average Bonchev–Trinajstić information content (AvgIpc) is 3.12. The summed E-state index contributed by atoms with van der Waals surface area (Å²) in [6.45, 7) is 4.68. The van der Waals surface area contributed by atoms with Crippen LogP contribution in [0.1, 0.15) is 35.7 Å². The molecule has 3 rings (SSSR count). The molecule has 0 spiro atoms. The van der Waals surface area contributed by atoms with Gasteiger partial charge >= 0.3 is 0 Å². The summed E-state index contributed by atoms with van der Waals surface area (Å²) in [5.74, 6) is 0.353. The van der Waals surface area contributed by atoms with E-state index in [0.717, 1.165) is 23.4 Å². The van der Waals surface area contributed by atoms with Crippen LogP contribution in [-0.4, -0.2) is 14.7 Å². The second kappa shape index (κ2) is 4.61. The fraction of sp³-hybridized carbons (Fsp3) is 0.400. The predicted octanol–water partition coefficient (Wildman–Crippen LogP) is 3.15. The van der Waals surface area contributed by atoms with Gasteiger partial charge in [-0.05, 0) is 49.9 Å². The van der Waals surface area contributed by atoms with Crippen LogP contribution >= 0.6 is 0 Å². The molecule has 1 aliphatic rings. The minimum absolute atomic E-state index is 0.353. The molecule has 0 aliphatic heterocycles. The highest BCUT2D eigenvalue weighted by atomic mass is 16.3. The number of hydrogen-bond acceptors (Lipinski definition) is 3. The third kappa shape index (κ3) is 2.43. The Hall–Kier alpha value is -1.97. The minimum atomic E-state index is 0.353. The second-order valence-corrected chi connectivity index (χ2v) is 5.33. The minimum Gasteiger partial charge on any atom is -0.508 e. The summed E-state index contributed by atoms with van der Waals surface area (Å²) in [6, 6.07) is 4.44. The van der Waals surface area contributed by atoms with Crippen molar-refractivity contribution in [1.82, 2.24) is 9.55 Å². The van der Waals surface area contributed by atoms with Crippen molar-refractivity contribution < 1.29 is 5.11 Å². The highest BCUT2D eigenvalue weighted by molar-refractivity contribution is 5.56. The summed E-state index contributed by atoms with van der Waals surface area (Å²) in [5, 5.41) is 13.1. The Balaban J connectivity index is 1.75. The van der Waals surface area contributed by atoms with Crippen LogP contribution in [0.15, 0.2) is 24.7 Å². The SMILES string of the molecule is Cc1cc(NCc2cncn2C2CC2)c(C)cc1O. The van der Waals surface area contributed by atoms with Crippen LogP contribution in [0.4, 0.5) is 5.69 Å². The third-order valence-corrected chi connectivity index (χ3v) is 3.69. The number of anilines is 1. The van der Waals surface area contributed by atoms with Gasteiger partial charge in [-0.25, -0.2) is 4.98 Å². The molecule has 4 nitrogen and oxygen atoms in total. The molecule has 0 radical (unpaired) electrons. The molecule has 2 aromatic rings. The molecule has 4 heteroatoms. The lowest BCUT2D eigenvalue weighted by Crippen LogP contribution is -2.06. The van der Waals surface area contributed by atoms with E-state index in [-0.39, 0.29) is 0 Å². The second-order valence-electron chi connectivity index (χ2n) is 5.33. The fourth-order valence-corrected chi connectivity index (χ4v) is 2.33. The van der Waals surface area contributed by atoms with Crippen molar-refractivity contribution in [2.75, 3.05) is 5.32 Å². The van der Waals surface area contributed by atoms with Crippen LogP contribution in [0, 0.1) is 13.8 Å². The number of nitrogens with zero attached hydrogens (tertiary/aromatic N) is 2. The molecule has 0 bridgehead atoms. The maximum absolute atomic E-state index is 9.66. The molecule has 1 fully saturated rings. The van der Waals surface area contributed by atoms with Gasteiger partial charge < -0.3 is 15.0 Å². The molecule has 2 N–H and O–H groups in total. The van der Waals surface area contributed by atoms with Gasteiger partial charge in [-0.3, -0.25) is 0 Å². The van der Waals surface area contributed by atoms with Crippen LogP contribution in [0.25, 0.3) is 0 Å². The smallest absolute Gasteiger partial charge is 0.118 e. The van der Waals surface area contributed by atoms with Crippen LogP contribution < -0.4 is 5.32 Å². The Morgan fingerprint density at radius 1 is 1.32 bits per heavy atom. The quantitative estimate of drug-likeness (QED) is 0.827. The number of aromatic hydroxyl groups is 1. The molecule has 100 valence electrons. The zero-order valence-corrected chi connectivity index (χ0v) is 11.3. The highest BCUT2D eigenvalue weighted by Gasteiger charge is 2.24. The van der Waals surface area contributed by atoms with Gasteiger partial charge in [0.15, 0.2) is 0 Å². The van der Waals surface area contributed by atoms with E-state index in [0.29, 0.717) is 11.8 Å². The maximum Gasteiger partial charge on any atom is 0.118 e. The number of rotatable bonds is 4. The number of aryl methyl sites for hydroxylation is 2. The van der Waals surface area contributed by atoms with E-state index in [1.54, 1.807) is 6.07 Å². The topological polar surface area (TPSA) is 50.1 Å². The number of aromatic nitrogens is 2. The Bertz CT molecular complexity index is 599. The first-order chi connectivity index (χ1) is 9.15. The Morgan fingerprint density at radius 2 is 2.11 bits per heavy atom. The average molecular weight is 257 g/mol. The van der Waals surface area contributed by atoms with E-state index in [9.17, 15) is 5.11 Å². The van der Waals surface area contributed by atoms with Crippen molar-refractivity contribution in [1.29, 1.82) is 0 Å². The first-order valence-corrected chi connectivity index (χ1v) is 6.70. The summed E-state index contributed by atoms with van der Waals surface area (Å²) in [5.41, 5.74) is 4.23. The molecular weight excluding hydrogens is 238 g/mol. The fourth-order valence-electron chi connectivity index (χ4n) is 2.33. The lowest BCUT2D eigenvalue weighted by molar-refractivity contribution is 0.471. The summed E-state index contributed by atoms with van der Waals surface area (Å²) < 4.78 is 2.26. The van der Waals surface area contributed by atoms with Crippen molar-refractivity contribution in [2.45, 2.75) is 39.3 Å². The van der Waals surface area contributed by atoms with Gasteiger partial charge in [0.25, 0.3) is 0 Å². The van der Waals surface area contributed by atoms with Gasteiger partial charge in [-0.1, -0.05) is 0 Å². The van der Waals surface area contributed by atoms with Gasteiger partial charge in [0, 0.05) is 17.9 Å². The molecular formula is C15H19N3O. The predicted molar refractivity (Wildman–Crippen MR) is 75.4 cm³/mol. The number of nitrogens with one attached hydrogen (secondary N) is 1. The number of phenolic OH excluding ortho intramolecular Hbond substituents is 1. The normalized spacial score (nSPS) is 14.6. The lowest BCUT2D eigenvalue weighted by atomic mass is 10.1. The Labute approximate surface area is 113 Å². The van der Waals surface area contributed by atoms with Crippen LogP contribution in [0.3, 0.4) is 0 Å². The molecule has 19 heavy (non-hydrogen) atoms. The standard InChI is InChI=1S/C15H19N3O/c1-10-6-15(19)11(2)5-14(10)17-8-13-7-16-9-18(13)12-3-4-12/h5-7,9,12,17,19H,3-4,8H2,1-2H3. The summed E-state index contributed by atoms with van der Waals surface area (Å²) in [7, 11) is 0. The molecule has 0 unspecified atom stereocenters. The monoisotopic (exact) mass is 257 g/mol. The Kier molecular flexibility index (Phi) is 2.93. The van der Waals surface area contributed by atoms with Gasteiger partial charge in [-0.15, -0.1) is 0 Å². The number of hydrogen-bond donors (Lipinski definition) is 2. The van der Waals surface area contributed by atoms with E-state index < -0.39 is 0 Å². The molecule has 1 heterocycles. The van der Waals surface area contributed by atoms with Crippen molar-refractivity contribution in [2.24, 2.45) is 0 Å². The third-order valence-electron chi connectivity index (χ3n) is 3.69. The molecule has 1 saturated carbocycles. The molecule has 0 amide bonds. The lowest BCUT2D eigenvalue weighted by Gasteiger charge is -2.13. The molecule has 1 aromatic carbocycles. The van der Waals surface area contributed by atoms with Crippen molar-refractivity contribution in [3.8, 4) is 5.75 Å². The van der Waals surface area contributed by atoms with Gasteiger partial charge in [-0.2, -0.15) is 0 Å². The number of phenols is 1. The van der Waals surface area contributed by atoms with Crippen LogP contribution in [0.2, 0.25) is 0 Å². The van der Waals surface area contributed by atoms with Crippen LogP contribution in [0.5, 0.6) is 5.75 Å². The first kappa shape index (κ1) is 12.1. The molecule has 1 aliphatic carbocycles. The summed E-state index contributed by atoms with van der Waals surface area (Å²) >= 11 is 0. The van der Waals surface area contributed by atoms with E-state index in [1.807, 2.05) is 32.4 Å². The maximum atomic E-state index is 9.66. The Morgan fingerprint density at radius 3 is 2.84 bits per heavy atom. The largest absolute Gasteiger partial charge is 0.508 e. The van der Waals surface area contributed by atoms with Gasteiger partial charge in [0.2, 0.25) is 0 Å². The number of imidazole rings is 1. The summed E-state index contributed by atoms with van der Waals surface area (Å²) in [4.78, 5) is 4.23. The molecule has 1 aromatic heterocycles. The summed E-state index contributed by atoms with van der Waals surface area (Å²) in [6.07, 6.45) is 6.37. The van der Waals surface area contributed by atoms with E-state index in [1.165, 1.54) is 18.5 Å². The molecule has 0 atom stereocenters. The molecule has 0 saturated heterocycles. The van der Waals surface area contributed by atoms with E-state index in [2.05, 4.69) is 14.9 Å². The van der Waals surface area contributed by atoms with E-state index >= 15 is 0 Å². The zero-order chi connectivity index (χ0) is 13.4. The van der Waals surface area contributed by atoms with Crippen molar-refractivity contribution >= 4 is 5.69 Å². The van der Waals surface area contributed by atoms with E-state index in [4.69, 9.17) is 0 Å². The number of benzene rings is 1. The zero-order valence-electron chi connectivity index (χ0n) is 11.3.